The van der Waals surface area contributed by atoms with E-state index in [1.807, 2.05) is 5.32 Å². The number of carbonyl (C=O) groups excluding carboxylic acids is 3. The molecule has 0 aliphatic heterocycles. The van der Waals surface area contributed by atoms with Gasteiger partial charge in [0, 0.05) is 12.2 Å². The Morgan fingerprint density at radius 3 is 2.00 bits per heavy atom. The molecule has 1 aromatic carbocycles. The van der Waals surface area contributed by atoms with E-state index in [9.17, 15) is 41.1 Å². The molecule has 2 unspecified atom stereocenters. The Balaban J connectivity index is 2.65. The number of hydrogen-bond acceptors (Lipinski definition) is 7. The van der Waals surface area contributed by atoms with Crippen molar-refractivity contribution in [3.8, 4) is 5.75 Å². The lowest BCUT2D eigenvalue weighted by Gasteiger charge is -2.16. The van der Waals surface area contributed by atoms with Crippen LogP contribution in [0.5, 0.6) is 5.75 Å². The van der Waals surface area contributed by atoms with Gasteiger partial charge in [0.1, 0.15) is 18.6 Å². The highest BCUT2D eigenvalue weighted by Gasteiger charge is 2.29. The second-order valence-electron chi connectivity index (χ2n) is 5.88. The van der Waals surface area contributed by atoms with Crippen molar-refractivity contribution in [3.63, 3.8) is 0 Å². The van der Waals surface area contributed by atoms with E-state index in [0.717, 1.165) is 0 Å². The highest BCUT2D eigenvalue weighted by Crippen LogP contribution is 2.29. The molecule has 0 aromatic heterocycles. The second-order valence-corrected chi connectivity index (χ2v) is 6.24. The van der Waals surface area contributed by atoms with Crippen LogP contribution in [0.1, 0.15) is 12.8 Å². The summed E-state index contributed by atoms with van der Waals surface area (Å²) in [5.41, 5.74) is 5.23. The minimum Gasteiger partial charge on any atom is -0.480 e. The number of aliphatic carboxylic acids is 1. The van der Waals surface area contributed by atoms with Gasteiger partial charge >= 0.3 is 11.9 Å². The summed E-state index contributed by atoms with van der Waals surface area (Å²) in [6.45, 7) is -1.05. The maximum absolute atomic E-state index is 13.5. The summed E-state index contributed by atoms with van der Waals surface area (Å²) in [5.74, 6) is -18.6. The number of nitrogens with one attached hydrogen (secondary N) is 2. The number of benzene rings is 1. The van der Waals surface area contributed by atoms with Crippen molar-refractivity contribution in [2.45, 2.75) is 24.9 Å². The van der Waals surface area contributed by atoms with Gasteiger partial charge in [-0.25, -0.2) is 18.0 Å². The maximum atomic E-state index is 13.5. The lowest BCUT2D eigenvalue weighted by atomic mass is 10.1. The predicted octanol–water partition coefficient (Wildman–Crippen LogP) is 0.0104. The summed E-state index contributed by atoms with van der Waals surface area (Å²) in [7, 11) is 0. The number of esters is 1. The minimum absolute atomic E-state index is 0.226. The molecule has 0 radical (unpaired) electrons. The Labute approximate surface area is 176 Å². The van der Waals surface area contributed by atoms with Gasteiger partial charge in [-0.1, -0.05) is 0 Å². The van der Waals surface area contributed by atoms with E-state index in [-0.39, 0.29) is 18.6 Å². The van der Waals surface area contributed by atoms with Crippen molar-refractivity contribution < 1.29 is 51.0 Å². The summed E-state index contributed by atoms with van der Waals surface area (Å²) >= 11 is 3.83. The van der Waals surface area contributed by atoms with Crippen LogP contribution in [0, 0.1) is 29.1 Å². The molecule has 2 atom stereocenters. The molecule has 0 saturated carbocycles. The van der Waals surface area contributed by atoms with Crippen LogP contribution in [0.15, 0.2) is 0 Å². The molecule has 0 aliphatic rings. The maximum Gasteiger partial charge on any atom is 0.331 e. The van der Waals surface area contributed by atoms with Crippen LogP contribution in [-0.4, -0.2) is 53.2 Å². The molecular weight excluding hydrogens is 457 g/mol. The molecule has 0 spiro atoms. The van der Waals surface area contributed by atoms with Crippen molar-refractivity contribution in [2.24, 2.45) is 5.73 Å². The molecular formula is C16H16F5N3O6S. The number of carboxylic acids is 1. The van der Waals surface area contributed by atoms with Gasteiger partial charge in [-0.3, -0.25) is 14.4 Å². The van der Waals surface area contributed by atoms with Crippen molar-refractivity contribution in [1.82, 2.24) is 10.6 Å². The third-order valence-electron chi connectivity index (χ3n) is 3.63. The SMILES string of the molecule is NC(CCC(=O)NC(CS)C(=O)NCC(=O)Oc1c(F)c(F)c(F)c(F)c1F)C(=O)O. The van der Waals surface area contributed by atoms with Gasteiger partial charge in [0.25, 0.3) is 0 Å². The molecule has 0 saturated heterocycles. The molecule has 15 heteroatoms. The number of thiol groups is 1. The minimum atomic E-state index is -2.44. The van der Waals surface area contributed by atoms with Gasteiger partial charge in [-0.2, -0.15) is 21.4 Å². The molecule has 1 aromatic rings. The molecule has 0 heterocycles. The molecule has 0 aliphatic carbocycles. The first kappa shape index (κ1) is 26.1. The van der Waals surface area contributed by atoms with E-state index in [0.29, 0.717) is 0 Å². The van der Waals surface area contributed by atoms with Gasteiger partial charge in [0.05, 0.1) is 0 Å². The van der Waals surface area contributed by atoms with E-state index in [2.05, 4.69) is 22.7 Å². The van der Waals surface area contributed by atoms with Crippen LogP contribution < -0.4 is 21.1 Å². The zero-order valence-electron chi connectivity index (χ0n) is 15.4. The fourth-order valence-corrected chi connectivity index (χ4v) is 2.23. The predicted molar refractivity (Wildman–Crippen MR) is 95.5 cm³/mol. The number of ether oxygens (including phenoxy) is 1. The molecule has 0 bridgehead atoms. The topological polar surface area (TPSA) is 148 Å². The summed E-state index contributed by atoms with van der Waals surface area (Å²) in [6.07, 6.45) is -0.566. The summed E-state index contributed by atoms with van der Waals surface area (Å²) in [6, 6.07) is -2.61. The number of amides is 2. The van der Waals surface area contributed by atoms with E-state index in [1.54, 1.807) is 0 Å². The number of carboxylic acid groups (broad SMARTS) is 1. The smallest absolute Gasteiger partial charge is 0.331 e. The Morgan fingerprint density at radius 1 is 1.00 bits per heavy atom. The number of nitrogens with two attached hydrogens (primary N) is 1. The molecule has 2 amide bonds. The molecule has 0 fully saturated rings. The van der Waals surface area contributed by atoms with E-state index >= 15 is 0 Å². The Morgan fingerprint density at radius 2 is 1.52 bits per heavy atom. The van der Waals surface area contributed by atoms with Crippen LogP contribution in [0.3, 0.4) is 0 Å². The third-order valence-corrected chi connectivity index (χ3v) is 3.99. The van der Waals surface area contributed by atoms with Crippen molar-refractivity contribution >= 4 is 36.4 Å². The van der Waals surface area contributed by atoms with Gasteiger partial charge < -0.3 is 26.2 Å². The van der Waals surface area contributed by atoms with Gasteiger partial charge in [-0.15, -0.1) is 0 Å². The molecule has 1 rings (SSSR count). The van der Waals surface area contributed by atoms with Gasteiger partial charge in [0.2, 0.25) is 46.6 Å². The highest BCUT2D eigenvalue weighted by atomic mass is 32.1. The lowest BCUT2D eigenvalue weighted by molar-refractivity contribution is -0.139. The highest BCUT2D eigenvalue weighted by molar-refractivity contribution is 7.80. The Kier molecular flexibility index (Phi) is 9.64. The quantitative estimate of drug-likeness (QED) is 0.0803. The molecule has 172 valence electrons. The molecule has 5 N–H and O–H groups in total. The average Bonchev–Trinajstić information content (AvgIpc) is 2.73. The Bertz CT molecular complexity index is 859. The molecule has 31 heavy (non-hydrogen) atoms. The van der Waals surface area contributed by atoms with E-state index < -0.39 is 77.2 Å². The third kappa shape index (κ3) is 7.06. The Hall–Kier alpha value is -2.94. The van der Waals surface area contributed by atoms with E-state index in [1.165, 1.54) is 0 Å². The lowest BCUT2D eigenvalue weighted by Crippen LogP contribution is -2.49. The first-order valence-electron chi connectivity index (χ1n) is 8.29. The number of carbonyl (C=O) groups is 4. The average molecular weight is 473 g/mol. The first-order chi connectivity index (χ1) is 14.4. The van der Waals surface area contributed by atoms with E-state index in [4.69, 9.17) is 10.8 Å². The van der Waals surface area contributed by atoms with Crippen LogP contribution in [0.25, 0.3) is 0 Å². The van der Waals surface area contributed by atoms with Gasteiger partial charge in [-0.05, 0) is 6.42 Å². The number of halogens is 5. The van der Waals surface area contributed by atoms with Crippen molar-refractivity contribution in [1.29, 1.82) is 0 Å². The molecule has 9 nitrogen and oxygen atoms in total. The van der Waals surface area contributed by atoms with Crippen LogP contribution in [0.2, 0.25) is 0 Å². The van der Waals surface area contributed by atoms with Crippen LogP contribution in [-0.2, 0) is 19.2 Å². The number of rotatable bonds is 10. The zero-order chi connectivity index (χ0) is 23.9. The fraction of sp³-hybridized carbons (Fsp3) is 0.375. The second kappa shape index (κ2) is 11.5. The van der Waals surface area contributed by atoms with Crippen LogP contribution in [0.4, 0.5) is 22.0 Å². The zero-order valence-corrected chi connectivity index (χ0v) is 16.3. The normalized spacial score (nSPS) is 12.6. The van der Waals surface area contributed by atoms with Crippen LogP contribution >= 0.6 is 12.6 Å². The monoisotopic (exact) mass is 473 g/mol. The fourth-order valence-electron chi connectivity index (χ4n) is 1.98. The van der Waals surface area contributed by atoms with Gasteiger partial charge in [0.15, 0.2) is 0 Å². The summed E-state index contributed by atoms with van der Waals surface area (Å²) < 4.78 is 70.2. The van der Waals surface area contributed by atoms with Crippen molar-refractivity contribution in [2.75, 3.05) is 12.3 Å². The number of hydrogen-bond donors (Lipinski definition) is 5. The summed E-state index contributed by atoms with van der Waals surface area (Å²) in [4.78, 5) is 45.9. The standard InChI is InChI=1S/C16H16F5N3O6S/c17-9-10(18)12(20)14(13(21)11(9)19)30-8(26)3-23-15(27)6(4-31)24-7(25)2-1-5(22)16(28)29/h5-6,31H,1-4,22H2,(H,23,27)(H,24,25)(H,28,29). The largest absolute Gasteiger partial charge is 0.480 e. The van der Waals surface area contributed by atoms with Crippen molar-refractivity contribution in [3.05, 3.63) is 29.1 Å². The first-order valence-corrected chi connectivity index (χ1v) is 8.92. The summed E-state index contributed by atoms with van der Waals surface area (Å²) in [5, 5.41) is 12.7.